The van der Waals surface area contributed by atoms with Crippen LogP contribution in [0, 0.1) is 0 Å². The summed E-state index contributed by atoms with van der Waals surface area (Å²) < 4.78 is 33.0. The van der Waals surface area contributed by atoms with Crippen molar-refractivity contribution in [3.05, 3.63) is 102 Å². The molecule has 1 aromatic heterocycles. The molecule has 0 aliphatic rings. The van der Waals surface area contributed by atoms with Gasteiger partial charge in [-0.05, 0) is 11.1 Å². The second-order valence-electron chi connectivity index (χ2n) is 5.77. The molecule has 0 spiro atoms. The molecule has 0 amide bonds. The van der Waals surface area contributed by atoms with Crippen molar-refractivity contribution in [3.63, 3.8) is 0 Å². The predicted molar refractivity (Wildman–Crippen MR) is 99.3 cm³/mol. The van der Waals surface area contributed by atoms with Gasteiger partial charge in [0.15, 0.2) is 12.4 Å². The number of hydrogen-bond donors (Lipinski definition) is 1. The minimum Gasteiger partial charge on any atom is -0.726 e. The molecule has 0 unspecified atom stereocenters. The van der Waals surface area contributed by atoms with Crippen LogP contribution in [0.4, 0.5) is 0 Å². The Morgan fingerprint density at radius 3 is 1.52 bits per heavy atom. The van der Waals surface area contributed by atoms with E-state index >= 15 is 0 Å². The molecule has 2 aromatic carbocycles. The lowest BCUT2D eigenvalue weighted by Gasteiger charge is -2.29. The fourth-order valence-electron chi connectivity index (χ4n) is 2.60. The first-order valence-corrected chi connectivity index (χ1v) is 9.41. The van der Waals surface area contributed by atoms with E-state index in [9.17, 15) is 18.1 Å². The summed E-state index contributed by atoms with van der Waals surface area (Å²) in [5.41, 5.74) is 1.45. The van der Waals surface area contributed by atoms with Crippen molar-refractivity contribution >= 4 is 10.4 Å². The summed E-state index contributed by atoms with van der Waals surface area (Å²) in [6.07, 6.45) is 3.90. The highest BCUT2D eigenvalue weighted by molar-refractivity contribution is 7.80. The van der Waals surface area contributed by atoms with Gasteiger partial charge in [-0.3, -0.25) is 4.18 Å². The standard InChI is InChI=1S/C19H18NO.CH4O4S/c1-20-14-12-18(13-15-20)19(21,16-8-4-2-5-9-16)17-10-6-3-7-11-17;1-5-6(2,3)4/h2-15,21H,1H3;1H3,(H,2,3,4)/q+1;/p-1. The van der Waals surface area contributed by atoms with E-state index in [1.807, 2.05) is 96.8 Å². The van der Waals surface area contributed by atoms with Gasteiger partial charge in [-0.1, -0.05) is 60.7 Å². The molecule has 3 aromatic rings. The van der Waals surface area contributed by atoms with Gasteiger partial charge in [-0.2, -0.15) is 0 Å². The number of aliphatic hydroxyl groups is 1. The molecule has 7 heteroatoms. The maximum atomic E-state index is 11.5. The van der Waals surface area contributed by atoms with Crippen LogP contribution in [0.1, 0.15) is 16.7 Å². The lowest BCUT2D eigenvalue weighted by Crippen LogP contribution is -2.32. The van der Waals surface area contributed by atoms with Crippen LogP contribution in [-0.4, -0.2) is 25.2 Å². The molecule has 0 atom stereocenters. The van der Waals surface area contributed by atoms with Gasteiger partial charge in [0, 0.05) is 17.7 Å². The fraction of sp³-hybridized carbons (Fsp3) is 0.150. The van der Waals surface area contributed by atoms with Crippen molar-refractivity contribution in [2.45, 2.75) is 5.60 Å². The Hall–Kier alpha value is -2.58. The molecule has 3 rings (SSSR count). The molecular formula is C20H21NO5S. The second kappa shape index (κ2) is 8.88. The highest BCUT2D eigenvalue weighted by atomic mass is 32.3. The number of benzene rings is 2. The molecule has 0 aliphatic carbocycles. The molecule has 1 N–H and O–H groups in total. The van der Waals surface area contributed by atoms with E-state index < -0.39 is 16.0 Å². The quantitative estimate of drug-likeness (QED) is 0.419. The van der Waals surface area contributed by atoms with E-state index in [-0.39, 0.29) is 0 Å². The third kappa shape index (κ3) is 5.45. The molecule has 1 heterocycles. The van der Waals surface area contributed by atoms with Crippen LogP contribution in [0.3, 0.4) is 0 Å². The average molecular weight is 387 g/mol. The van der Waals surface area contributed by atoms with Crippen molar-refractivity contribution in [1.29, 1.82) is 0 Å². The van der Waals surface area contributed by atoms with Crippen LogP contribution in [0.2, 0.25) is 0 Å². The Morgan fingerprint density at radius 2 is 1.19 bits per heavy atom. The van der Waals surface area contributed by atoms with Gasteiger partial charge in [0.2, 0.25) is 10.4 Å². The third-order valence-corrected chi connectivity index (χ3v) is 4.39. The molecule has 0 fully saturated rings. The summed E-state index contributed by atoms with van der Waals surface area (Å²) in [6.45, 7) is 0. The predicted octanol–water partition coefficient (Wildman–Crippen LogP) is 1.89. The molecular weight excluding hydrogens is 366 g/mol. The average Bonchev–Trinajstić information content (AvgIpc) is 2.69. The molecule has 0 saturated heterocycles. The smallest absolute Gasteiger partial charge is 0.217 e. The molecule has 142 valence electrons. The van der Waals surface area contributed by atoms with Crippen LogP contribution >= 0.6 is 0 Å². The minimum atomic E-state index is -4.41. The number of hydrogen-bond acceptors (Lipinski definition) is 5. The van der Waals surface area contributed by atoms with Crippen LogP contribution in [0.25, 0.3) is 0 Å². The van der Waals surface area contributed by atoms with Crippen molar-refractivity contribution in [3.8, 4) is 0 Å². The summed E-state index contributed by atoms with van der Waals surface area (Å²) >= 11 is 0. The Morgan fingerprint density at radius 1 is 0.852 bits per heavy atom. The first kappa shape index (κ1) is 20.7. The Labute approximate surface area is 159 Å². The van der Waals surface area contributed by atoms with Crippen LogP contribution in [0.15, 0.2) is 85.2 Å². The van der Waals surface area contributed by atoms with Crippen molar-refractivity contribution in [2.24, 2.45) is 7.05 Å². The van der Waals surface area contributed by atoms with Gasteiger partial charge in [0.25, 0.3) is 0 Å². The number of aryl methyl sites for hydroxylation is 1. The minimum absolute atomic E-state index is 0.808. The van der Waals surface area contributed by atoms with E-state index in [0.29, 0.717) is 0 Å². The van der Waals surface area contributed by atoms with Gasteiger partial charge >= 0.3 is 0 Å². The maximum Gasteiger partial charge on any atom is 0.217 e. The molecule has 6 nitrogen and oxygen atoms in total. The molecule has 0 aliphatic heterocycles. The summed E-state index contributed by atoms with van der Waals surface area (Å²) in [4.78, 5) is 0. The van der Waals surface area contributed by atoms with E-state index in [0.717, 1.165) is 23.8 Å². The summed E-state index contributed by atoms with van der Waals surface area (Å²) in [5.74, 6) is 0. The molecule has 0 bridgehead atoms. The van der Waals surface area contributed by atoms with Crippen molar-refractivity contribution in [2.75, 3.05) is 7.11 Å². The highest BCUT2D eigenvalue weighted by Crippen LogP contribution is 2.35. The Bertz CT molecular complexity index is 903. The SMILES string of the molecule is COS(=O)(=O)[O-].C[n+]1ccc(C(O)(c2ccccc2)c2ccccc2)cc1. The normalized spacial score (nSPS) is 11.4. The van der Waals surface area contributed by atoms with Gasteiger partial charge in [0.05, 0.1) is 7.11 Å². The Kier molecular flexibility index (Phi) is 6.81. The summed E-state index contributed by atoms with van der Waals surface area (Å²) in [7, 11) is -1.64. The van der Waals surface area contributed by atoms with Gasteiger partial charge in [0.1, 0.15) is 12.6 Å². The fourth-order valence-corrected chi connectivity index (χ4v) is 2.60. The largest absolute Gasteiger partial charge is 0.726 e. The highest BCUT2D eigenvalue weighted by Gasteiger charge is 2.34. The third-order valence-electron chi connectivity index (χ3n) is 3.98. The zero-order valence-electron chi connectivity index (χ0n) is 15.0. The van der Waals surface area contributed by atoms with E-state index in [2.05, 4.69) is 4.18 Å². The van der Waals surface area contributed by atoms with Crippen LogP contribution < -0.4 is 4.57 Å². The number of aromatic nitrogens is 1. The lowest BCUT2D eigenvalue weighted by molar-refractivity contribution is -0.671. The van der Waals surface area contributed by atoms with Crippen molar-refractivity contribution < 1.29 is 26.8 Å². The summed E-state index contributed by atoms with van der Waals surface area (Å²) in [6, 6.07) is 23.5. The monoisotopic (exact) mass is 387 g/mol. The summed E-state index contributed by atoms with van der Waals surface area (Å²) in [5, 5.41) is 11.5. The molecule has 27 heavy (non-hydrogen) atoms. The van der Waals surface area contributed by atoms with Gasteiger partial charge in [-0.25, -0.2) is 13.0 Å². The number of nitrogens with zero attached hydrogens (tertiary/aromatic N) is 1. The number of rotatable bonds is 4. The van der Waals surface area contributed by atoms with Gasteiger partial charge in [-0.15, -0.1) is 0 Å². The van der Waals surface area contributed by atoms with E-state index in [4.69, 9.17) is 0 Å². The second-order valence-corrected chi connectivity index (χ2v) is 6.92. The van der Waals surface area contributed by atoms with E-state index in [1.54, 1.807) is 0 Å². The first-order chi connectivity index (χ1) is 12.8. The zero-order chi connectivity index (χ0) is 19.9. The zero-order valence-corrected chi connectivity index (χ0v) is 15.8. The maximum absolute atomic E-state index is 11.5. The Balaban J connectivity index is 0.000000380. The topological polar surface area (TPSA) is 90.5 Å². The van der Waals surface area contributed by atoms with Gasteiger partial charge < -0.3 is 9.66 Å². The first-order valence-electron chi connectivity index (χ1n) is 8.08. The number of pyridine rings is 1. The molecule has 0 radical (unpaired) electrons. The van der Waals surface area contributed by atoms with Crippen LogP contribution in [-0.2, 0) is 27.2 Å². The van der Waals surface area contributed by atoms with Crippen molar-refractivity contribution in [1.82, 2.24) is 0 Å². The van der Waals surface area contributed by atoms with E-state index in [1.165, 1.54) is 0 Å². The van der Waals surface area contributed by atoms with Crippen LogP contribution in [0.5, 0.6) is 0 Å². The lowest BCUT2D eigenvalue weighted by atomic mass is 9.81. The molecule has 0 saturated carbocycles.